The van der Waals surface area contributed by atoms with Crippen LogP contribution in [0.2, 0.25) is 5.02 Å². The molecule has 4 rings (SSSR count). The molecule has 1 aliphatic rings. The topological polar surface area (TPSA) is 109 Å². The molecule has 0 bridgehead atoms. The van der Waals surface area contributed by atoms with Gasteiger partial charge in [0, 0.05) is 16.3 Å². The number of phenols is 1. The number of nitrogens with zero attached hydrogens (tertiary/aromatic N) is 1. The van der Waals surface area contributed by atoms with Crippen LogP contribution in [0.15, 0.2) is 54.6 Å². The van der Waals surface area contributed by atoms with Crippen LogP contribution in [0.3, 0.4) is 0 Å². The van der Waals surface area contributed by atoms with Gasteiger partial charge in [0.2, 0.25) is 5.75 Å². The molecule has 3 N–H and O–H groups in total. The van der Waals surface area contributed by atoms with Crippen LogP contribution < -0.4 is 25.0 Å². The molecule has 0 fully saturated rings. The summed E-state index contributed by atoms with van der Waals surface area (Å²) in [6.07, 6.45) is -0.757. The molecule has 0 aromatic heterocycles. The van der Waals surface area contributed by atoms with Crippen LogP contribution >= 0.6 is 11.6 Å². The number of aromatic hydroxyl groups is 1. The van der Waals surface area contributed by atoms with Gasteiger partial charge in [-0.25, -0.2) is 5.01 Å². The Bertz CT molecular complexity index is 1220. The number of hydrogen-bond donors (Lipinski definition) is 3. The van der Waals surface area contributed by atoms with Crippen molar-refractivity contribution in [3.05, 3.63) is 76.3 Å². The van der Waals surface area contributed by atoms with E-state index < -0.39 is 18.0 Å². The highest BCUT2D eigenvalue weighted by atomic mass is 35.5. The smallest absolute Gasteiger partial charge is 0.276 e. The average Bonchev–Trinajstić information content (AvgIpc) is 2.85. The maximum absolute atomic E-state index is 13.4. The Hall–Kier alpha value is -4.11. The number of halogens is 1. The second-order valence-electron chi connectivity index (χ2n) is 7.36. The zero-order chi connectivity index (χ0) is 24.4. The summed E-state index contributed by atoms with van der Waals surface area (Å²) in [7, 11) is 4.35. The quantitative estimate of drug-likeness (QED) is 0.486. The van der Waals surface area contributed by atoms with Gasteiger partial charge in [-0.05, 0) is 48.0 Å². The second kappa shape index (κ2) is 9.40. The van der Waals surface area contributed by atoms with Crippen molar-refractivity contribution in [2.24, 2.45) is 0 Å². The van der Waals surface area contributed by atoms with E-state index in [1.54, 1.807) is 24.3 Å². The molecule has 0 saturated carbocycles. The number of methoxy groups -OCH3 is 3. The van der Waals surface area contributed by atoms with Crippen molar-refractivity contribution >= 4 is 29.1 Å². The normalized spacial score (nSPS) is 14.6. The summed E-state index contributed by atoms with van der Waals surface area (Å²) >= 11 is 6.10. The van der Waals surface area contributed by atoms with Crippen molar-refractivity contribution in [1.82, 2.24) is 10.4 Å². The van der Waals surface area contributed by atoms with Gasteiger partial charge in [-0.1, -0.05) is 23.7 Å². The minimum absolute atomic E-state index is 0.0751. The fraction of sp³-hybridized carbons (Fsp3) is 0.167. The number of carbonyl (C=O) groups excluding carboxylic acids is 2. The zero-order valence-corrected chi connectivity index (χ0v) is 19.3. The third-order valence-corrected chi connectivity index (χ3v) is 5.57. The second-order valence-corrected chi connectivity index (χ2v) is 7.79. The number of amides is 2. The van der Waals surface area contributed by atoms with Crippen molar-refractivity contribution in [1.29, 1.82) is 0 Å². The van der Waals surface area contributed by atoms with Gasteiger partial charge in [0.1, 0.15) is 11.9 Å². The van der Waals surface area contributed by atoms with E-state index >= 15 is 0 Å². The molecule has 0 spiro atoms. The molecule has 176 valence electrons. The number of ether oxygens (including phenoxy) is 3. The lowest BCUT2D eigenvalue weighted by Gasteiger charge is -2.37. The molecule has 1 heterocycles. The van der Waals surface area contributed by atoms with Crippen molar-refractivity contribution in [3.8, 4) is 23.0 Å². The molecule has 3 aromatic rings. The number of fused-ring (bicyclic) bond motifs is 1. The summed E-state index contributed by atoms with van der Waals surface area (Å²) in [4.78, 5) is 26.7. The first-order chi connectivity index (χ1) is 16.4. The standard InChI is InChI=1S/C24H22ClN3O6/c1-32-19-10-14(11-20(33-2)21(19)34-3)23(30)27-28-22(13-4-7-16(29)8-5-13)26-18-9-6-15(25)12-17(18)24(28)31/h4-12,22,26,29H,1-3H3,(H,27,30). The molecule has 3 aromatic carbocycles. The fourth-order valence-corrected chi connectivity index (χ4v) is 3.84. The van der Waals surface area contributed by atoms with Crippen molar-refractivity contribution < 1.29 is 28.9 Å². The lowest BCUT2D eigenvalue weighted by atomic mass is 10.0. The molecule has 1 unspecified atom stereocenters. The highest BCUT2D eigenvalue weighted by Crippen LogP contribution is 2.39. The van der Waals surface area contributed by atoms with E-state index in [4.69, 9.17) is 25.8 Å². The zero-order valence-electron chi connectivity index (χ0n) is 18.6. The van der Waals surface area contributed by atoms with Gasteiger partial charge in [-0.15, -0.1) is 0 Å². The van der Waals surface area contributed by atoms with Gasteiger partial charge in [0.25, 0.3) is 11.8 Å². The maximum Gasteiger partial charge on any atom is 0.276 e. The number of nitrogens with one attached hydrogen (secondary N) is 2. The van der Waals surface area contributed by atoms with E-state index in [1.807, 2.05) is 0 Å². The highest BCUT2D eigenvalue weighted by Gasteiger charge is 2.35. The first kappa shape index (κ1) is 23.1. The Kier molecular flexibility index (Phi) is 6.38. The van der Waals surface area contributed by atoms with Crippen molar-refractivity contribution in [3.63, 3.8) is 0 Å². The van der Waals surface area contributed by atoms with Crippen LogP contribution in [0, 0.1) is 0 Å². The van der Waals surface area contributed by atoms with E-state index in [1.165, 1.54) is 56.7 Å². The number of carbonyl (C=O) groups is 2. The van der Waals surface area contributed by atoms with Gasteiger partial charge >= 0.3 is 0 Å². The highest BCUT2D eigenvalue weighted by molar-refractivity contribution is 6.31. The van der Waals surface area contributed by atoms with Gasteiger partial charge in [-0.3, -0.25) is 15.0 Å². The van der Waals surface area contributed by atoms with Gasteiger partial charge in [0.05, 0.1) is 26.9 Å². The molecule has 9 nitrogen and oxygen atoms in total. The minimum Gasteiger partial charge on any atom is -0.508 e. The summed E-state index contributed by atoms with van der Waals surface area (Å²) in [5, 5.41) is 14.5. The Morgan fingerprint density at radius 3 is 2.24 bits per heavy atom. The van der Waals surface area contributed by atoms with E-state index in [9.17, 15) is 14.7 Å². The van der Waals surface area contributed by atoms with Gasteiger partial charge in [-0.2, -0.15) is 0 Å². The Morgan fingerprint density at radius 1 is 1.00 bits per heavy atom. The first-order valence-electron chi connectivity index (χ1n) is 10.2. The van der Waals surface area contributed by atoms with Gasteiger partial charge < -0.3 is 24.6 Å². The van der Waals surface area contributed by atoms with Crippen molar-refractivity contribution in [2.45, 2.75) is 6.17 Å². The first-order valence-corrected chi connectivity index (χ1v) is 10.5. The molecule has 1 aliphatic heterocycles. The van der Waals surface area contributed by atoms with E-state index in [0.717, 1.165) is 0 Å². The number of hydrazine groups is 1. The number of rotatable bonds is 6. The number of hydrogen-bond acceptors (Lipinski definition) is 7. The summed E-state index contributed by atoms with van der Waals surface area (Å²) in [5.41, 5.74) is 4.35. The molecule has 10 heteroatoms. The minimum atomic E-state index is -0.757. The third-order valence-electron chi connectivity index (χ3n) is 5.34. The predicted molar refractivity (Wildman–Crippen MR) is 126 cm³/mol. The van der Waals surface area contributed by atoms with Crippen LogP contribution in [0.4, 0.5) is 5.69 Å². The molecule has 2 amide bonds. The summed E-state index contributed by atoms with van der Waals surface area (Å²) < 4.78 is 16.0. The number of phenolic OH excluding ortho intramolecular Hbond substituents is 1. The van der Waals surface area contributed by atoms with Crippen LogP contribution in [-0.2, 0) is 0 Å². The van der Waals surface area contributed by atoms with E-state index in [2.05, 4.69) is 10.7 Å². The lowest BCUT2D eigenvalue weighted by molar-refractivity contribution is 0.0490. The van der Waals surface area contributed by atoms with E-state index in [-0.39, 0.29) is 11.3 Å². The van der Waals surface area contributed by atoms with Crippen LogP contribution in [-0.4, -0.2) is 43.3 Å². The lowest BCUT2D eigenvalue weighted by Crippen LogP contribution is -2.52. The van der Waals surface area contributed by atoms with Crippen LogP contribution in [0.25, 0.3) is 0 Å². The van der Waals surface area contributed by atoms with Crippen LogP contribution in [0.5, 0.6) is 23.0 Å². The molecule has 0 saturated heterocycles. The number of benzene rings is 3. The van der Waals surface area contributed by atoms with Crippen molar-refractivity contribution in [2.75, 3.05) is 26.6 Å². The maximum atomic E-state index is 13.4. The summed E-state index contributed by atoms with van der Waals surface area (Å²) in [6, 6.07) is 14.2. The Morgan fingerprint density at radius 2 is 1.65 bits per heavy atom. The third kappa shape index (κ3) is 4.25. The Labute approximate surface area is 200 Å². The molecular weight excluding hydrogens is 462 g/mol. The fourth-order valence-electron chi connectivity index (χ4n) is 3.67. The van der Waals surface area contributed by atoms with E-state index in [0.29, 0.717) is 39.1 Å². The number of anilines is 1. The molecule has 1 atom stereocenters. The molecular formula is C24H22ClN3O6. The Balaban J connectivity index is 1.73. The van der Waals surface area contributed by atoms with Crippen LogP contribution in [0.1, 0.15) is 32.4 Å². The molecule has 0 radical (unpaired) electrons. The summed E-state index contributed by atoms with van der Waals surface area (Å²) in [5.74, 6) is -0.0442. The monoisotopic (exact) mass is 483 g/mol. The summed E-state index contributed by atoms with van der Waals surface area (Å²) in [6.45, 7) is 0. The SMILES string of the molecule is COc1cc(C(=O)NN2C(=O)c3cc(Cl)ccc3NC2c2ccc(O)cc2)cc(OC)c1OC. The van der Waals surface area contributed by atoms with Gasteiger partial charge in [0.15, 0.2) is 11.5 Å². The average molecular weight is 484 g/mol. The molecule has 34 heavy (non-hydrogen) atoms. The largest absolute Gasteiger partial charge is 0.508 e. The predicted octanol–water partition coefficient (Wildman–Crippen LogP) is 3.98. The molecule has 0 aliphatic carbocycles.